The molecule has 0 aliphatic rings. The third kappa shape index (κ3) is 6.79. The molecule has 3 N–H and O–H groups in total. The van der Waals surface area contributed by atoms with Crippen molar-refractivity contribution in [3.63, 3.8) is 0 Å². The number of nitrogens with one attached hydrogen (secondary N) is 3. The summed E-state index contributed by atoms with van der Waals surface area (Å²) in [6.07, 6.45) is 0. The van der Waals surface area contributed by atoms with Crippen LogP contribution in [0.25, 0.3) is 0 Å². The molecule has 3 rings (SSSR count). The summed E-state index contributed by atoms with van der Waals surface area (Å²) >= 11 is 8.70. The molecule has 3 aromatic rings. The number of thiocarbonyl (C=S) groups is 1. The monoisotopic (exact) mass is 541 g/mol. The van der Waals surface area contributed by atoms with E-state index in [9.17, 15) is 9.59 Å². The van der Waals surface area contributed by atoms with Gasteiger partial charge in [-0.1, -0.05) is 12.1 Å². The van der Waals surface area contributed by atoms with Gasteiger partial charge in [0, 0.05) is 11.3 Å². The van der Waals surface area contributed by atoms with Gasteiger partial charge in [-0.05, 0) is 96.6 Å². The van der Waals surface area contributed by atoms with E-state index in [4.69, 9.17) is 21.7 Å². The number of anilines is 2. The minimum absolute atomic E-state index is 0.0660. The maximum absolute atomic E-state index is 12.9. The number of benzene rings is 3. The smallest absolute Gasteiger partial charge is 0.257 e. The molecule has 9 heteroatoms. The second-order valence-electron chi connectivity index (χ2n) is 6.94. The van der Waals surface area contributed by atoms with Crippen molar-refractivity contribution in [2.24, 2.45) is 0 Å². The maximum atomic E-state index is 12.9. The van der Waals surface area contributed by atoms with Gasteiger partial charge in [0.1, 0.15) is 11.5 Å². The highest BCUT2D eigenvalue weighted by Gasteiger charge is 2.15. The van der Waals surface area contributed by atoms with Gasteiger partial charge in [-0.2, -0.15) is 0 Å². The zero-order valence-corrected chi connectivity index (χ0v) is 21.1. The summed E-state index contributed by atoms with van der Waals surface area (Å²) < 4.78 is 11.5. The van der Waals surface area contributed by atoms with Crippen LogP contribution in [0.15, 0.2) is 71.2 Å². The second kappa shape index (κ2) is 12.2. The summed E-state index contributed by atoms with van der Waals surface area (Å²) in [4.78, 5) is 25.5. The van der Waals surface area contributed by atoms with Gasteiger partial charge in [-0.3, -0.25) is 14.9 Å². The molecule has 0 fully saturated rings. The van der Waals surface area contributed by atoms with Crippen molar-refractivity contribution in [2.75, 3.05) is 23.8 Å². The number of hydrogen-bond acceptors (Lipinski definition) is 5. The van der Waals surface area contributed by atoms with Gasteiger partial charge < -0.3 is 20.1 Å². The minimum Gasteiger partial charge on any atom is -0.494 e. The Bertz CT molecular complexity index is 1190. The van der Waals surface area contributed by atoms with Crippen LogP contribution in [-0.2, 0) is 0 Å². The first kappa shape index (κ1) is 25.2. The molecule has 0 heterocycles. The van der Waals surface area contributed by atoms with Crippen LogP contribution in [0.3, 0.4) is 0 Å². The standard InChI is InChI=1S/C25H24BrN3O4S/c1-3-32-18-12-10-17(11-13-18)27-24(31)19-7-5-6-8-21(19)28-25(34)29-23(30)16-9-14-22(33-4-2)20(26)15-16/h5-15H,3-4H2,1-2H3,(H,27,31)(H2,28,29,30,34). The summed E-state index contributed by atoms with van der Waals surface area (Å²) in [5, 5.41) is 8.48. The number of ether oxygens (including phenoxy) is 2. The molecule has 0 radical (unpaired) electrons. The van der Waals surface area contributed by atoms with E-state index in [1.54, 1.807) is 66.7 Å². The first-order chi connectivity index (χ1) is 16.4. The Balaban J connectivity index is 1.65. The van der Waals surface area contributed by atoms with Crippen LogP contribution >= 0.6 is 28.1 Å². The minimum atomic E-state index is -0.391. The lowest BCUT2D eigenvalue weighted by atomic mass is 10.1. The molecule has 176 valence electrons. The zero-order chi connectivity index (χ0) is 24.5. The van der Waals surface area contributed by atoms with E-state index >= 15 is 0 Å². The number of hydrogen-bond donors (Lipinski definition) is 3. The Hall–Kier alpha value is -3.43. The van der Waals surface area contributed by atoms with Crippen molar-refractivity contribution in [1.82, 2.24) is 5.32 Å². The summed E-state index contributed by atoms with van der Waals surface area (Å²) in [7, 11) is 0. The van der Waals surface area contributed by atoms with E-state index < -0.39 is 5.91 Å². The maximum Gasteiger partial charge on any atom is 0.257 e. The van der Waals surface area contributed by atoms with E-state index in [0.29, 0.717) is 45.9 Å². The fourth-order valence-electron chi connectivity index (χ4n) is 3.03. The molecule has 7 nitrogen and oxygen atoms in total. The van der Waals surface area contributed by atoms with Crippen LogP contribution < -0.4 is 25.4 Å². The lowest BCUT2D eigenvalue weighted by molar-refractivity contribution is 0.0976. The van der Waals surface area contributed by atoms with Crippen molar-refractivity contribution in [3.8, 4) is 11.5 Å². The highest BCUT2D eigenvalue weighted by atomic mass is 79.9. The molecule has 0 saturated heterocycles. The van der Waals surface area contributed by atoms with Crippen molar-refractivity contribution < 1.29 is 19.1 Å². The van der Waals surface area contributed by atoms with Crippen LogP contribution in [-0.4, -0.2) is 30.1 Å². The molecule has 0 spiro atoms. The summed E-state index contributed by atoms with van der Waals surface area (Å²) in [5.41, 5.74) is 1.86. The summed E-state index contributed by atoms with van der Waals surface area (Å²) in [6.45, 7) is 4.87. The van der Waals surface area contributed by atoms with Crippen LogP contribution in [0.2, 0.25) is 0 Å². The first-order valence-electron chi connectivity index (χ1n) is 10.6. The SMILES string of the molecule is CCOc1ccc(NC(=O)c2ccccc2NC(=S)NC(=O)c2ccc(OCC)c(Br)c2)cc1. The molecule has 3 aromatic carbocycles. The van der Waals surface area contributed by atoms with E-state index in [0.717, 1.165) is 5.75 Å². The fourth-order valence-corrected chi connectivity index (χ4v) is 3.73. The van der Waals surface area contributed by atoms with Gasteiger partial charge in [0.2, 0.25) is 0 Å². The molecule has 0 aliphatic carbocycles. The van der Waals surface area contributed by atoms with Gasteiger partial charge in [-0.15, -0.1) is 0 Å². The van der Waals surface area contributed by atoms with E-state index in [1.807, 2.05) is 13.8 Å². The van der Waals surface area contributed by atoms with Gasteiger partial charge >= 0.3 is 0 Å². The third-order valence-corrected chi connectivity index (χ3v) is 5.39. The Morgan fingerprint density at radius 1 is 0.882 bits per heavy atom. The van der Waals surface area contributed by atoms with Gasteiger partial charge in [0.05, 0.1) is 28.9 Å². The lowest BCUT2D eigenvalue weighted by Gasteiger charge is -2.14. The molecule has 2 amide bonds. The molecule has 34 heavy (non-hydrogen) atoms. The lowest BCUT2D eigenvalue weighted by Crippen LogP contribution is -2.34. The molecule has 0 bridgehead atoms. The van der Waals surface area contributed by atoms with Crippen LogP contribution in [0.4, 0.5) is 11.4 Å². The molecular formula is C25H24BrN3O4S. The van der Waals surface area contributed by atoms with Crippen LogP contribution in [0.5, 0.6) is 11.5 Å². The second-order valence-corrected chi connectivity index (χ2v) is 8.21. The molecule has 0 atom stereocenters. The van der Waals surface area contributed by atoms with Crippen molar-refractivity contribution in [2.45, 2.75) is 13.8 Å². The highest BCUT2D eigenvalue weighted by molar-refractivity contribution is 9.10. The third-order valence-electron chi connectivity index (χ3n) is 4.56. The Labute approximate surface area is 212 Å². The van der Waals surface area contributed by atoms with E-state index in [2.05, 4.69) is 31.9 Å². The number of carbonyl (C=O) groups excluding carboxylic acids is 2. The molecule has 0 aliphatic heterocycles. The van der Waals surface area contributed by atoms with Crippen molar-refractivity contribution in [1.29, 1.82) is 0 Å². The Morgan fingerprint density at radius 2 is 1.59 bits per heavy atom. The highest BCUT2D eigenvalue weighted by Crippen LogP contribution is 2.26. The topological polar surface area (TPSA) is 88.7 Å². The number of halogens is 1. The number of rotatable bonds is 8. The normalized spacial score (nSPS) is 10.2. The van der Waals surface area contributed by atoms with E-state index in [-0.39, 0.29) is 11.0 Å². The molecular weight excluding hydrogens is 518 g/mol. The molecule has 0 aromatic heterocycles. The largest absolute Gasteiger partial charge is 0.494 e. The summed E-state index contributed by atoms with van der Waals surface area (Å²) in [6, 6.07) is 19.0. The average molecular weight is 542 g/mol. The quantitative estimate of drug-likeness (QED) is 0.320. The first-order valence-corrected chi connectivity index (χ1v) is 11.8. The average Bonchev–Trinajstić information content (AvgIpc) is 2.82. The Morgan fingerprint density at radius 3 is 2.26 bits per heavy atom. The van der Waals surface area contributed by atoms with Crippen molar-refractivity contribution >= 4 is 56.4 Å². The predicted octanol–water partition coefficient (Wildman–Crippen LogP) is 5.63. The summed E-state index contributed by atoms with van der Waals surface area (Å²) in [5.74, 6) is 0.657. The molecule has 0 unspecified atom stereocenters. The van der Waals surface area contributed by atoms with Crippen molar-refractivity contribution in [3.05, 3.63) is 82.3 Å². The number of amides is 2. The Kier molecular flexibility index (Phi) is 9.00. The van der Waals surface area contributed by atoms with Gasteiger partial charge in [0.25, 0.3) is 11.8 Å². The fraction of sp³-hybridized carbons (Fsp3) is 0.160. The van der Waals surface area contributed by atoms with Crippen LogP contribution in [0.1, 0.15) is 34.6 Å². The van der Waals surface area contributed by atoms with E-state index in [1.165, 1.54) is 0 Å². The van der Waals surface area contributed by atoms with Crippen LogP contribution in [0, 0.1) is 0 Å². The number of para-hydroxylation sites is 1. The molecule has 0 saturated carbocycles. The number of carbonyl (C=O) groups is 2. The van der Waals surface area contributed by atoms with Gasteiger partial charge in [-0.25, -0.2) is 0 Å². The predicted molar refractivity (Wildman–Crippen MR) is 141 cm³/mol. The zero-order valence-electron chi connectivity index (χ0n) is 18.7. The van der Waals surface area contributed by atoms with Gasteiger partial charge in [0.15, 0.2) is 5.11 Å².